The summed E-state index contributed by atoms with van der Waals surface area (Å²) in [7, 11) is 0. The molecular weight excluding hydrogens is 164 g/mol. The van der Waals surface area contributed by atoms with E-state index in [0.29, 0.717) is 5.56 Å². The highest BCUT2D eigenvalue weighted by Gasteiger charge is 2.19. The van der Waals surface area contributed by atoms with Gasteiger partial charge in [0.25, 0.3) is 0 Å². The van der Waals surface area contributed by atoms with Crippen LogP contribution in [0, 0.1) is 6.92 Å². The molecule has 0 aromatic carbocycles. The molecule has 0 saturated heterocycles. The van der Waals surface area contributed by atoms with Crippen LogP contribution in [0.2, 0.25) is 0 Å². The maximum Gasteiger partial charge on any atom is 0.300 e. The van der Waals surface area contributed by atoms with Gasteiger partial charge in [0, 0.05) is 18.0 Å². The number of pyridine rings is 1. The predicted octanol–water partition coefficient (Wildman–Crippen LogP) is 1.84. The second-order valence-corrected chi connectivity index (χ2v) is 2.36. The molecule has 0 bridgehead atoms. The van der Waals surface area contributed by atoms with Crippen LogP contribution >= 0.6 is 0 Å². The van der Waals surface area contributed by atoms with Crippen molar-refractivity contribution in [1.82, 2.24) is 4.98 Å². The minimum atomic E-state index is -2.95. The van der Waals surface area contributed by atoms with Gasteiger partial charge in [0.2, 0.25) is 5.78 Å². The zero-order chi connectivity index (χ0) is 9.14. The van der Waals surface area contributed by atoms with E-state index >= 15 is 0 Å². The molecule has 0 radical (unpaired) electrons. The molecule has 1 heterocycles. The lowest BCUT2D eigenvalue weighted by molar-refractivity contribution is 0.0677. The number of hydrogen-bond donors (Lipinski definition) is 0. The zero-order valence-electron chi connectivity index (χ0n) is 6.42. The lowest BCUT2D eigenvalue weighted by atomic mass is 10.1. The van der Waals surface area contributed by atoms with E-state index in [1.807, 2.05) is 0 Å². The number of Topliss-reactive ketones (excluding diaryl/α,β-unsaturated/α-hetero) is 1. The Labute approximate surface area is 68.2 Å². The number of rotatable bonds is 2. The molecule has 0 aliphatic rings. The summed E-state index contributed by atoms with van der Waals surface area (Å²) in [4.78, 5) is 14.4. The second-order valence-electron chi connectivity index (χ2n) is 2.36. The van der Waals surface area contributed by atoms with Gasteiger partial charge >= 0.3 is 6.43 Å². The molecule has 0 aliphatic heterocycles. The summed E-state index contributed by atoms with van der Waals surface area (Å²) < 4.78 is 23.8. The first-order chi connectivity index (χ1) is 5.63. The largest absolute Gasteiger partial charge is 0.300 e. The fourth-order valence-electron chi connectivity index (χ4n) is 0.839. The Morgan fingerprint density at radius 3 is 2.75 bits per heavy atom. The molecule has 2 nitrogen and oxygen atoms in total. The molecule has 0 amide bonds. The molecule has 12 heavy (non-hydrogen) atoms. The van der Waals surface area contributed by atoms with Crippen molar-refractivity contribution < 1.29 is 13.6 Å². The summed E-state index contributed by atoms with van der Waals surface area (Å²) in [5, 5.41) is 0. The minimum absolute atomic E-state index is 0.00694. The highest BCUT2D eigenvalue weighted by Crippen LogP contribution is 2.10. The molecule has 1 aromatic rings. The highest BCUT2D eigenvalue weighted by molar-refractivity contribution is 5.99. The van der Waals surface area contributed by atoms with Crippen LogP contribution in [0.4, 0.5) is 8.78 Å². The van der Waals surface area contributed by atoms with Crippen LogP contribution in [-0.2, 0) is 0 Å². The van der Waals surface area contributed by atoms with Crippen LogP contribution < -0.4 is 0 Å². The van der Waals surface area contributed by atoms with Crippen molar-refractivity contribution in [2.24, 2.45) is 0 Å². The van der Waals surface area contributed by atoms with Gasteiger partial charge in [-0.25, -0.2) is 8.78 Å². The zero-order valence-corrected chi connectivity index (χ0v) is 6.42. The van der Waals surface area contributed by atoms with E-state index in [1.165, 1.54) is 12.3 Å². The van der Waals surface area contributed by atoms with E-state index < -0.39 is 12.2 Å². The van der Waals surface area contributed by atoms with E-state index in [0.717, 1.165) is 6.20 Å². The third kappa shape index (κ3) is 1.64. The van der Waals surface area contributed by atoms with Gasteiger partial charge in [-0.1, -0.05) is 0 Å². The van der Waals surface area contributed by atoms with E-state index in [4.69, 9.17) is 0 Å². The Morgan fingerprint density at radius 2 is 2.25 bits per heavy atom. The summed E-state index contributed by atoms with van der Waals surface area (Å²) in [5.74, 6) is -1.17. The normalized spacial score (nSPS) is 10.3. The Kier molecular flexibility index (Phi) is 2.47. The molecule has 0 fully saturated rings. The second kappa shape index (κ2) is 3.38. The van der Waals surface area contributed by atoms with Crippen molar-refractivity contribution in [2.75, 3.05) is 0 Å². The number of ketones is 1. The van der Waals surface area contributed by atoms with Gasteiger partial charge in [0.15, 0.2) is 0 Å². The smallest absolute Gasteiger partial charge is 0.288 e. The lowest BCUT2D eigenvalue weighted by Crippen LogP contribution is -2.11. The first-order valence-corrected chi connectivity index (χ1v) is 3.36. The van der Waals surface area contributed by atoms with Gasteiger partial charge in [-0.05, 0) is 18.6 Å². The molecule has 1 aromatic heterocycles. The summed E-state index contributed by atoms with van der Waals surface area (Å²) >= 11 is 0. The molecule has 1 rings (SSSR count). The quantitative estimate of drug-likeness (QED) is 0.635. The number of aromatic nitrogens is 1. The predicted molar refractivity (Wildman–Crippen MR) is 39.3 cm³/mol. The molecule has 0 unspecified atom stereocenters. The molecule has 0 spiro atoms. The molecule has 0 aliphatic carbocycles. The first-order valence-electron chi connectivity index (χ1n) is 3.36. The van der Waals surface area contributed by atoms with Gasteiger partial charge in [-0.2, -0.15) is 0 Å². The van der Waals surface area contributed by atoms with Crippen molar-refractivity contribution >= 4 is 5.78 Å². The van der Waals surface area contributed by atoms with E-state index in [-0.39, 0.29) is 5.56 Å². The maximum absolute atomic E-state index is 11.9. The van der Waals surface area contributed by atoms with E-state index in [9.17, 15) is 13.6 Å². The molecule has 4 heteroatoms. The fourth-order valence-corrected chi connectivity index (χ4v) is 0.839. The molecule has 0 atom stereocenters. The molecule has 64 valence electrons. The van der Waals surface area contributed by atoms with Gasteiger partial charge < -0.3 is 0 Å². The Bertz CT molecular complexity index is 299. The van der Waals surface area contributed by atoms with Crippen LogP contribution in [0.3, 0.4) is 0 Å². The highest BCUT2D eigenvalue weighted by atomic mass is 19.3. The summed E-state index contributed by atoms with van der Waals surface area (Å²) in [6.07, 6.45) is -0.339. The lowest BCUT2D eigenvalue weighted by Gasteiger charge is -2.01. The Morgan fingerprint density at radius 1 is 1.58 bits per heavy atom. The van der Waals surface area contributed by atoms with Crippen molar-refractivity contribution in [3.63, 3.8) is 0 Å². The number of alkyl halides is 2. The van der Waals surface area contributed by atoms with Crippen LogP contribution in [-0.4, -0.2) is 17.2 Å². The molecule has 0 N–H and O–H groups in total. The summed E-state index contributed by atoms with van der Waals surface area (Å²) in [5.41, 5.74) is 0.516. The van der Waals surface area contributed by atoms with Crippen LogP contribution in [0.5, 0.6) is 0 Å². The topological polar surface area (TPSA) is 30.0 Å². The SMILES string of the molecule is Cc1ccncc1C(=O)C(F)F. The monoisotopic (exact) mass is 171 g/mol. The number of hydrogen-bond acceptors (Lipinski definition) is 2. The van der Waals surface area contributed by atoms with Gasteiger partial charge in [-0.15, -0.1) is 0 Å². The average molecular weight is 171 g/mol. The minimum Gasteiger partial charge on any atom is -0.288 e. The van der Waals surface area contributed by atoms with E-state index in [1.54, 1.807) is 6.92 Å². The van der Waals surface area contributed by atoms with Crippen molar-refractivity contribution in [2.45, 2.75) is 13.3 Å². The van der Waals surface area contributed by atoms with E-state index in [2.05, 4.69) is 4.98 Å². The third-order valence-electron chi connectivity index (χ3n) is 1.50. The summed E-state index contributed by atoms with van der Waals surface area (Å²) in [6.45, 7) is 1.59. The number of nitrogens with zero attached hydrogens (tertiary/aromatic N) is 1. The van der Waals surface area contributed by atoms with Crippen LogP contribution in [0.25, 0.3) is 0 Å². The van der Waals surface area contributed by atoms with Gasteiger partial charge in [-0.3, -0.25) is 9.78 Å². The van der Waals surface area contributed by atoms with Crippen LogP contribution in [0.15, 0.2) is 18.5 Å². The Balaban J connectivity index is 3.03. The maximum atomic E-state index is 11.9. The van der Waals surface area contributed by atoms with Gasteiger partial charge in [0.1, 0.15) is 0 Å². The number of halogens is 2. The molecule has 0 saturated carbocycles. The van der Waals surface area contributed by atoms with Crippen LogP contribution in [0.1, 0.15) is 15.9 Å². The molecular formula is C8H7F2NO. The van der Waals surface area contributed by atoms with Crippen molar-refractivity contribution in [1.29, 1.82) is 0 Å². The Hall–Kier alpha value is -1.32. The fraction of sp³-hybridized carbons (Fsp3) is 0.250. The first kappa shape index (κ1) is 8.77. The van der Waals surface area contributed by atoms with Crippen molar-refractivity contribution in [3.8, 4) is 0 Å². The third-order valence-corrected chi connectivity index (χ3v) is 1.50. The van der Waals surface area contributed by atoms with Crippen molar-refractivity contribution in [3.05, 3.63) is 29.6 Å². The number of carbonyl (C=O) groups excluding carboxylic acids is 1. The number of aryl methyl sites for hydroxylation is 1. The summed E-state index contributed by atoms with van der Waals surface area (Å²) in [6, 6.07) is 1.52. The van der Waals surface area contributed by atoms with Gasteiger partial charge in [0.05, 0.1) is 0 Å². The standard InChI is InChI=1S/C8H7F2NO/c1-5-2-3-11-4-6(5)7(12)8(9)10/h2-4,8H,1H3. The average Bonchev–Trinajstić information content (AvgIpc) is 2.04. The number of carbonyl (C=O) groups is 1.